The molecule has 2 saturated heterocycles. The lowest BCUT2D eigenvalue weighted by atomic mass is 10.0. The van der Waals surface area contributed by atoms with Gasteiger partial charge in [-0.05, 0) is 72.9 Å². The first kappa shape index (κ1) is 40.3. The van der Waals surface area contributed by atoms with Gasteiger partial charge in [-0.3, -0.25) is 14.4 Å². The van der Waals surface area contributed by atoms with Crippen molar-refractivity contribution in [3.8, 4) is 22.4 Å². The van der Waals surface area contributed by atoms with Gasteiger partial charge in [0.25, 0.3) is 5.91 Å². The first-order valence-electron chi connectivity index (χ1n) is 19.8. The minimum atomic E-state index is -0.843. The van der Waals surface area contributed by atoms with E-state index in [-0.39, 0.29) is 58.0 Å². The molecule has 2 aromatic heterocycles. The second-order valence-electron chi connectivity index (χ2n) is 16.6. The molecule has 0 unspecified atom stereocenters. The van der Waals surface area contributed by atoms with Gasteiger partial charge >= 0.3 is 6.09 Å². The molecule has 0 spiro atoms. The van der Waals surface area contributed by atoms with Gasteiger partial charge in [0.2, 0.25) is 11.8 Å². The highest BCUT2D eigenvalue weighted by molar-refractivity contribution is 6.04. The number of methoxy groups -OCH3 is 1. The highest BCUT2D eigenvalue weighted by Crippen LogP contribution is 2.52. The monoisotopic (exact) mass is 796 g/mol. The number of likely N-dealkylation sites (tertiary alicyclic amines) is 1. The molecule has 306 valence electrons. The second kappa shape index (κ2) is 16.2. The van der Waals surface area contributed by atoms with E-state index in [1.165, 1.54) is 13.3 Å². The molecule has 15 heteroatoms. The number of nitrogens with one attached hydrogen (secondary N) is 3. The molecule has 0 bridgehead atoms. The fourth-order valence-electron chi connectivity index (χ4n) is 8.08. The number of H-pyrrole nitrogens is 1. The van der Waals surface area contributed by atoms with Crippen LogP contribution in [0.5, 0.6) is 0 Å². The van der Waals surface area contributed by atoms with Crippen molar-refractivity contribution in [2.75, 3.05) is 43.5 Å². The second-order valence-corrected chi connectivity index (χ2v) is 16.6. The van der Waals surface area contributed by atoms with Crippen molar-refractivity contribution in [2.45, 2.75) is 72.0 Å². The van der Waals surface area contributed by atoms with E-state index < -0.39 is 29.7 Å². The molecular formula is C43H50F2N8O5. The topological polar surface area (TPSA) is 153 Å². The van der Waals surface area contributed by atoms with Crippen molar-refractivity contribution in [1.29, 1.82) is 0 Å². The number of rotatable bonds is 10. The molecule has 4 amide bonds. The van der Waals surface area contributed by atoms with Crippen LogP contribution in [0.2, 0.25) is 0 Å². The van der Waals surface area contributed by atoms with Crippen LogP contribution >= 0.6 is 0 Å². The predicted molar refractivity (Wildman–Crippen MR) is 215 cm³/mol. The maximum absolute atomic E-state index is 15.5. The number of hydrogen-bond donors (Lipinski definition) is 3. The van der Waals surface area contributed by atoms with Crippen LogP contribution in [0.1, 0.15) is 76.1 Å². The van der Waals surface area contributed by atoms with Gasteiger partial charge in [-0.1, -0.05) is 52.0 Å². The number of benzene rings is 2. The molecule has 4 aromatic rings. The minimum absolute atomic E-state index is 0.0390. The van der Waals surface area contributed by atoms with E-state index in [1.807, 2.05) is 25.7 Å². The van der Waals surface area contributed by atoms with Crippen molar-refractivity contribution < 1.29 is 32.7 Å². The molecule has 3 aliphatic rings. The smallest absolute Gasteiger partial charge is 0.407 e. The summed E-state index contributed by atoms with van der Waals surface area (Å²) in [5.41, 5.74) is 1.72. The summed E-state index contributed by atoms with van der Waals surface area (Å²) in [5.74, 6) is -1.03. The van der Waals surface area contributed by atoms with Crippen LogP contribution < -0.4 is 15.5 Å². The Balaban J connectivity index is 0.971. The standard InChI is InChI=1S/C43H50F2N8O5/c1-24(2)37(50-42(57)58-6)41(56)53-15-7-8-34(53)38-47-22-33(49-38)26-9-11-27(12-10-26)36-31(44)18-29(19-32(36)45)48-39(54)28-13-14-35(46-21-28)52-17-16-51(23-25(52)3)40(55)30-20-43(30,4)5/h9-14,18-19,21-22,24-25,30,34,37H,7-8,15-17,20,23H2,1-6H3,(H,47,49)(H,48,54)(H,50,57)/t25-,30-,34+,37+/m1/s1. The van der Waals surface area contributed by atoms with Gasteiger partial charge in [0, 0.05) is 50.0 Å². The number of aromatic amines is 1. The van der Waals surface area contributed by atoms with Crippen molar-refractivity contribution in [2.24, 2.45) is 17.3 Å². The van der Waals surface area contributed by atoms with Gasteiger partial charge in [0.05, 0.1) is 36.2 Å². The van der Waals surface area contributed by atoms with Gasteiger partial charge in [-0.2, -0.15) is 0 Å². The Morgan fingerprint density at radius 2 is 1.64 bits per heavy atom. The lowest BCUT2D eigenvalue weighted by Crippen LogP contribution is -2.54. The third-order valence-electron chi connectivity index (χ3n) is 11.7. The predicted octanol–water partition coefficient (Wildman–Crippen LogP) is 6.80. The van der Waals surface area contributed by atoms with E-state index in [0.29, 0.717) is 55.5 Å². The van der Waals surface area contributed by atoms with E-state index >= 15 is 8.78 Å². The number of anilines is 2. The molecule has 2 aromatic carbocycles. The van der Waals surface area contributed by atoms with Crippen LogP contribution in [0.4, 0.5) is 25.1 Å². The number of nitrogens with zero attached hydrogens (tertiary/aromatic N) is 5. The molecule has 3 N–H and O–H groups in total. The van der Waals surface area contributed by atoms with Crippen LogP contribution in [0.15, 0.2) is 60.9 Å². The van der Waals surface area contributed by atoms with Crippen LogP contribution in [-0.2, 0) is 14.3 Å². The van der Waals surface area contributed by atoms with Crippen LogP contribution in [-0.4, -0.2) is 93.9 Å². The maximum atomic E-state index is 15.5. The highest BCUT2D eigenvalue weighted by Gasteiger charge is 2.52. The molecule has 4 heterocycles. The summed E-state index contributed by atoms with van der Waals surface area (Å²) in [4.78, 5) is 69.6. The Hall–Kier alpha value is -5.86. The van der Waals surface area contributed by atoms with Crippen LogP contribution in [0, 0.1) is 28.9 Å². The molecule has 7 rings (SSSR count). The number of ether oxygens (including phenoxy) is 1. The number of alkyl carbamates (subject to hydrolysis) is 1. The summed E-state index contributed by atoms with van der Waals surface area (Å²) >= 11 is 0. The zero-order valence-electron chi connectivity index (χ0n) is 33.6. The normalized spacial score (nSPS) is 20.5. The zero-order valence-corrected chi connectivity index (χ0v) is 33.6. The van der Waals surface area contributed by atoms with Crippen LogP contribution in [0.25, 0.3) is 22.4 Å². The molecular weight excluding hydrogens is 747 g/mol. The van der Waals surface area contributed by atoms with E-state index in [2.05, 4.69) is 44.3 Å². The van der Waals surface area contributed by atoms with Gasteiger partial charge in [0.1, 0.15) is 29.3 Å². The van der Waals surface area contributed by atoms with E-state index in [9.17, 15) is 19.2 Å². The summed E-state index contributed by atoms with van der Waals surface area (Å²) in [6, 6.07) is 11.2. The maximum Gasteiger partial charge on any atom is 0.407 e. The van der Waals surface area contributed by atoms with Crippen molar-refractivity contribution in [1.82, 2.24) is 30.1 Å². The first-order chi connectivity index (χ1) is 27.6. The van der Waals surface area contributed by atoms with Gasteiger partial charge in [0.15, 0.2) is 0 Å². The Morgan fingerprint density at radius 3 is 2.24 bits per heavy atom. The summed E-state index contributed by atoms with van der Waals surface area (Å²) in [6.07, 6.45) is 4.81. The number of imidazole rings is 1. The van der Waals surface area contributed by atoms with Gasteiger partial charge in [-0.25, -0.2) is 23.5 Å². The fourth-order valence-corrected chi connectivity index (χ4v) is 8.08. The molecule has 4 atom stereocenters. The Kier molecular flexibility index (Phi) is 11.3. The molecule has 1 aliphatic carbocycles. The van der Waals surface area contributed by atoms with Crippen molar-refractivity contribution >= 4 is 35.3 Å². The van der Waals surface area contributed by atoms with Crippen molar-refractivity contribution in [3.63, 3.8) is 0 Å². The number of hydrogen-bond acceptors (Lipinski definition) is 8. The average molecular weight is 797 g/mol. The van der Waals surface area contributed by atoms with Crippen LogP contribution in [0.3, 0.4) is 0 Å². The number of piperazine rings is 1. The molecule has 3 fully saturated rings. The minimum Gasteiger partial charge on any atom is -0.453 e. The van der Waals surface area contributed by atoms with Gasteiger partial charge in [-0.15, -0.1) is 0 Å². The quantitative estimate of drug-likeness (QED) is 0.159. The third kappa shape index (κ3) is 8.25. The average Bonchev–Trinajstić information content (AvgIpc) is 3.54. The lowest BCUT2D eigenvalue weighted by molar-refractivity contribution is -0.135. The Labute approximate surface area is 336 Å². The van der Waals surface area contributed by atoms with E-state index in [4.69, 9.17) is 4.74 Å². The number of amides is 4. The summed E-state index contributed by atoms with van der Waals surface area (Å²) in [5, 5.41) is 5.22. The first-order valence-corrected chi connectivity index (χ1v) is 19.8. The number of aromatic nitrogens is 3. The summed E-state index contributed by atoms with van der Waals surface area (Å²) in [7, 11) is 1.25. The number of pyridine rings is 1. The molecule has 0 radical (unpaired) electrons. The Bertz CT molecular complexity index is 2170. The third-order valence-corrected chi connectivity index (χ3v) is 11.7. The largest absolute Gasteiger partial charge is 0.453 e. The molecule has 2 aliphatic heterocycles. The summed E-state index contributed by atoms with van der Waals surface area (Å²) in [6.45, 7) is 12.3. The number of carbonyl (C=O) groups is 4. The number of halogens is 2. The highest BCUT2D eigenvalue weighted by atomic mass is 19.1. The fraction of sp³-hybridized carbons (Fsp3) is 0.442. The van der Waals surface area contributed by atoms with E-state index in [1.54, 1.807) is 47.5 Å². The Morgan fingerprint density at radius 1 is 0.948 bits per heavy atom. The molecule has 58 heavy (non-hydrogen) atoms. The SMILES string of the molecule is COC(=O)N[C@H](C(=O)N1CCC[C@H]1c1ncc(-c2ccc(-c3c(F)cc(NC(=O)c4ccc(N5CCN(C(=O)[C@H]6CC6(C)C)C[C@H]5C)nc4)cc3F)cc2)[nH]1)C(C)C. The lowest BCUT2D eigenvalue weighted by Gasteiger charge is -2.40. The van der Waals surface area contributed by atoms with Gasteiger partial charge < -0.3 is 35.1 Å². The molecule has 1 saturated carbocycles. The molecule has 13 nitrogen and oxygen atoms in total. The summed E-state index contributed by atoms with van der Waals surface area (Å²) < 4.78 is 35.7. The van der Waals surface area contributed by atoms with E-state index in [0.717, 1.165) is 30.5 Å². The number of carbonyl (C=O) groups excluding carboxylic acids is 4. The van der Waals surface area contributed by atoms with Crippen molar-refractivity contribution in [3.05, 3.63) is 83.9 Å². The zero-order chi connectivity index (χ0) is 41.5.